The molecule has 1 aliphatic rings. The van der Waals surface area contributed by atoms with Crippen molar-refractivity contribution in [3.63, 3.8) is 0 Å². The van der Waals surface area contributed by atoms with E-state index in [0.29, 0.717) is 0 Å². The maximum atomic E-state index is 10.8. The van der Waals surface area contributed by atoms with Gasteiger partial charge in [-0.3, -0.25) is 0 Å². The molecule has 2 rings (SSSR count). The van der Waals surface area contributed by atoms with Crippen LogP contribution in [0, 0.1) is 5.92 Å². The van der Waals surface area contributed by atoms with Crippen molar-refractivity contribution in [3.05, 3.63) is 41.0 Å². The van der Waals surface area contributed by atoms with E-state index in [0.717, 1.165) is 12.8 Å². The van der Waals surface area contributed by atoms with Crippen LogP contribution >= 0.6 is 0 Å². The highest BCUT2D eigenvalue weighted by molar-refractivity contribution is 5.86. The zero-order valence-corrected chi connectivity index (χ0v) is 11.6. The lowest BCUT2D eigenvalue weighted by molar-refractivity contribution is -0.140. The van der Waals surface area contributed by atoms with E-state index in [1.807, 2.05) is 0 Å². The second kappa shape index (κ2) is 5.83. The molecule has 19 heavy (non-hydrogen) atoms. The zero-order valence-electron chi connectivity index (χ0n) is 11.6. The zero-order chi connectivity index (χ0) is 13.8. The Morgan fingerprint density at radius 1 is 1.32 bits per heavy atom. The molecule has 0 aliphatic heterocycles. The smallest absolute Gasteiger partial charge is 0.319 e. The Morgan fingerprint density at radius 2 is 2.05 bits per heavy atom. The minimum absolute atomic E-state index is 0.222. The predicted molar refractivity (Wildman–Crippen MR) is 76.8 cm³/mol. The number of benzene rings is 1. The molecular formula is C16H19NO2. The number of allylic oxidation sites excluding steroid dienone is 2. The Labute approximate surface area is 114 Å². The van der Waals surface area contributed by atoms with E-state index >= 15 is 0 Å². The van der Waals surface area contributed by atoms with E-state index in [1.165, 1.54) is 29.2 Å². The van der Waals surface area contributed by atoms with Crippen LogP contribution in [-0.2, 0) is 16.1 Å². The summed E-state index contributed by atoms with van der Waals surface area (Å²) in [6, 6.07) is 8.48. The largest absolute Gasteiger partial charge is 0.331 e. The summed E-state index contributed by atoms with van der Waals surface area (Å²) in [6.45, 7) is 5.59. The number of oxime groups is 1. The van der Waals surface area contributed by atoms with Gasteiger partial charge in [0.15, 0.2) is 0 Å². The van der Waals surface area contributed by atoms with Crippen LogP contribution in [0.15, 0.2) is 35.0 Å². The van der Waals surface area contributed by atoms with E-state index < -0.39 is 0 Å². The van der Waals surface area contributed by atoms with Crippen molar-refractivity contribution in [1.29, 1.82) is 0 Å². The van der Waals surface area contributed by atoms with Gasteiger partial charge in [-0.1, -0.05) is 35.0 Å². The maximum absolute atomic E-state index is 10.8. The SMILES string of the molecule is CC(=O)O/N=C/C1CCc2ccccc2C1=C(C)C. The number of rotatable bonds is 2. The quantitative estimate of drug-likeness (QED) is 0.461. The first-order valence-corrected chi connectivity index (χ1v) is 6.56. The van der Waals surface area contributed by atoms with Crippen LogP contribution in [0.1, 0.15) is 38.3 Å². The molecule has 0 saturated carbocycles. The highest BCUT2D eigenvalue weighted by Crippen LogP contribution is 2.36. The van der Waals surface area contributed by atoms with Gasteiger partial charge >= 0.3 is 5.97 Å². The van der Waals surface area contributed by atoms with Gasteiger partial charge in [0.05, 0.1) is 6.21 Å². The van der Waals surface area contributed by atoms with Gasteiger partial charge in [0.2, 0.25) is 0 Å². The number of carbonyl (C=O) groups excluding carboxylic acids is 1. The summed E-state index contributed by atoms with van der Waals surface area (Å²) in [5, 5.41) is 3.79. The summed E-state index contributed by atoms with van der Waals surface area (Å²) in [4.78, 5) is 15.4. The fraction of sp³-hybridized carbons (Fsp3) is 0.375. The Kier molecular flexibility index (Phi) is 4.15. The van der Waals surface area contributed by atoms with Crippen LogP contribution in [0.4, 0.5) is 0 Å². The first-order chi connectivity index (χ1) is 9.09. The van der Waals surface area contributed by atoms with Gasteiger partial charge in [-0.15, -0.1) is 0 Å². The molecular weight excluding hydrogens is 238 g/mol. The summed E-state index contributed by atoms with van der Waals surface area (Å²) in [5.74, 6) is -0.162. The van der Waals surface area contributed by atoms with Gasteiger partial charge in [-0.25, -0.2) is 4.79 Å². The third kappa shape index (κ3) is 3.11. The van der Waals surface area contributed by atoms with Gasteiger partial charge in [-0.2, -0.15) is 0 Å². The molecule has 100 valence electrons. The van der Waals surface area contributed by atoms with Crippen molar-refractivity contribution >= 4 is 17.8 Å². The highest BCUT2D eigenvalue weighted by atomic mass is 16.7. The van der Waals surface area contributed by atoms with Crippen LogP contribution in [0.5, 0.6) is 0 Å². The summed E-state index contributed by atoms with van der Waals surface area (Å²) in [7, 11) is 0. The van der Waals surface area contributed by atoms with Crippen LogP contribution in [0.3, 0.4) is 0 Å². The van der Waals surface area contributed by atoms with Crippen LogP contribution < -0.4 is 0 Å². The van der Waals surface area contributed by atoms with Crippen molar-refractivity contribution in [1.82, 2.24) is 0 Å². The van der Waals surface area contributed by atoms with Crippen LogP contribution in [0.25, 0.3) is 5.57 Å². The van der Waals surface area contributed by atoms with Gasteiger partial charge in [0.25, 0.3) is 0 Å². The lowest BCUT2D eigenvalue weighted by Crippen LogP contribution is -2.15. The lowest BCUT2D eigenvalue weighted by Gasteiger charge is -2.26. The first kappa shape index (κ1) is 13.5. The molecule has 0 saturated heterocycles. The monoisotopic (exact) mass is 257 g/mol. The second-order valence-corrected chi connectivity index (χ2v) is 5.05. The number of hydrogen-bond donors (Lipinski definition) is 0. The third-order valence-electron chi connectivity index (χ3n) is 3.36. The Balaban J connectivity index is 2.31. The van der Waals surface area contributed by atoms with Gasteiger partial charge in [0.1, 0.15) is 0 Å². The van der Waals surface area contributed by atoms with E-state index in [-0.39, 0.29) is 11.9 Å². The van der Waals surface area contributed by atoms with E-state index in [9.17, 15) is 4.79 Å². The fourth-order valence-electron chi connectivity index (χ4n) is 2.62. The third-order valence-corrected chi connectivity index (χ3v) is 3.36. The standard InChI is InChI=1S/C16H19NO2/c1-11(2)16-14(10-17-19-12(3)18)9-8-13-6-4-5-7-15(13)16/h4-7,10,14H,8-9H2,1-3H3/b17-10+. The number of aryl methyl sites for hydroxylation is 1. The minimum atomic E-state index is -0.383. The molecule has 3 nitrogen and oxygen atoms in total. The number of hydrogen-bond acceptors (Lipinski definition) is 3. The average molecular weight is 257 g/mol. The molecule has 1 aliphatic carbocycles. The van der Waals surface area contributed by atoms with E-state index in [1.54, 1.807) is 6.21 Å². The van der Waals surface area contributed by atoms with Crippen molar-refractivity contribution < 1.29 is 9.63 Å². The van der Waals surface area contributed by atoms with Gasteiger partial charge < -0.3 is 4.84 Å². The number of carbonyl (C=O) groups is 1. The first-order valence-electron chi connectivity index (χ1n) is 6.56. The van der Waals surface area contributed by atoms with E-state index in [2.05, 4.69) is 48.1 Å². The van der Waals surface area contributed by atoms with Crippen LogP contribution in [0.2, 0.25) is 0 Å². The Morgan fingerprint density at radius 3 is 2.74 bits per heavy atom. The van der Waals surface area contributed by atoms with Gasteiger partial charge in [0, 0.05) is 12.8 Å². The topological polar surface area (TPSA) is 38.7 Å². The lowest BCUT2D eigenvalue weighted by atomic mass is 9.78. The molecule has 0 fully saturated rings. The minimum Gasteiger partial charge on any atom is -0.319 e. The van der Waals surface area contributed by atoms with E-state index in [4.69, 9.17) is 0 Å². The molecule has 1 aromatic rings. The Bertz CT molecular complexity index is 539. The molecule has 0 amide bonds. The molecule has 1 aromatic carbocycles. The van der Waals surface area contributed by atoms with Crippen molar-refractivity contribution in [2.45, 2.75) is 33.6 Å². The van der Waals surface area contributed by atoms with Crippen molar-refractivity contribution in [2.75, 3.05) is 0 Å². The molecule has 0 bridgehead atoms. The summed E-state index contributed by atoms with van der Waals surface area (Å²) < 4.78 is 0. The van der Waals surface area contributed by atoms with Crippen LogP contribution in [-0.4, -0.2) is 12.2 Å². The average Bonchev–Trinajstić information content (AvgIpc) is 2.37. The fourth-order valence-corrected chi connectivity index (χ4v) is 2.62. The van der Waals surface area contributed by atoms with Crippen molar-refractivity contribution in [2.24, 2.45) is 11.1 Å². The Hall–Kier alpha value is -1.90. The normalized spacial score (nSPS) is 18.3. The molecule has 0 heterocycles. The number of fused-ring (bicyclic) bond motifs is 1. The molecule has 0 N–H and O–H groups in total. The molecule has 1 atom stereocenters. The summed E-state index contributed by atoms with van der Waals surface area (Å²) in [6.07, 6.45) is 3.78. The molecule has 1 unspecified atom stereocenters. The second-order valence-electron chi connectivity index (χ2n) is 5.05. The molecule has 0 aromatic heterocycles. The summed E-state index contributed by atoms with van der Waals surface area (Å²) >= 11 is 0. The summed E-state index contributed by atoms with van der Waals surface area (Å²) in [5.41, 5.74) is 5.27. The molecule has 0 spiro atoms. The van der Waals surface area contributed by atoms with Crippen molar-refractivity contribution in [3.8, 4) is 0 Å². The molecule has 0 radical (unpaired) electrons. The van der Waals surface area contributed by atoms with Gasteiger partial charge in [-0.05, 0) is 43.4 Å². The molecule has 3 heteroatoms. The highest BCUT2D eigenvalue weighted by Gasteiger charge is 2.23. The predicted octanol–water partition coefficient (Wildman–Crippen LogP) is 3.59. The number of nitrogens with zero attached hydrogens (tertiary/aromatic N) is 1. The maximum Gasteiger partial charge on any atom is 0.331 e.